The van der Waals surface area contributed by atoms with Gasteiger partial charge in [-0.05, 0) is 121 Å². The maximum absolute atomic E-state index is 15.5. The molecule has 2 aromatic carbocycles. The summed E-state index contributed by atoms with van der Waals surface area (Å²) in [6, 6.07) is 15.6. The number of fused-ring (bicyclic) bond motifs is 1. The van der Waals surface area contributed by atoms with E-state index in [0.717, 1.165) is 87.2 Å². The number of likely N-dealkylation sites (tertiary alicyclic amines) is 1. The molecular formula is C41H56FN5O4. The van der Waals surface area contributed by atoms with E-state index in [0.29, 0.717) is 30.6 Å². The van der Waals surface area contributed by atoms with Gasteiger partial charge < -0.3 is 24.0 Å². The number of anilines is 1. The van der Waals surface area contributed by atoms with E-state index in [1.54, 1.807) is 4.90 Å². The lowest BCUT2D eigenvalue weighted by atomic mass is 9.79. The summed E-state index contributed by atoms with van der Waals surface area (Å²) in [5.41, 5.74) is 4.32. The van der Waals surface area contributed by atoms with Gasteiger partial charge in [-0.25, -0.2) is 4.79 Å². The number of aromatic nitrogens is 2. The molecule has 3 aromatic rings. The first-order valence-electron chi connectivity index (χ1n) is 18.9. The quantitative estimate of drug-likeness (QED) is 0.261. The van der Waals surface area contributed by atoms with Crippen LogP contribution in [0.4, 0.5) is 14.9 Å². The van der Waals surface area contributed by atoms with E-state index in [4.69, 9.17) is 14.2 Å². The normalized spacial score (nSPS) is 22.7. The topological polar surface area (TPSA) is 72.3 Å². The highest BCUT2D eigenvalue weighted by Crippen LogP contribution is 2.41. The second-order valence-electron chi connectivity index (χ2n) is 17.3. The molecule has 0 radical (unpaired) electrons. The van der Waals surface area contributed by atoms with Gasteiger partial charge in [-0.1, -0.05) is 24.3 Å². The molecule has 4 aliphatic rings. The van der Waals surface area contributed by atoms with Gasteiger partial charge in [-0.2, -0.15) is 4.39 Å². The summed E-state index contributed by atoms with van der Waals surface area (Å²) in [7, 11) is 0. The number of piperazine rings is 1. The predicted molar refractivity (Wildman–Crippen MR) is 200 cm³/mol. The molecule has 4 fully saturated rings. The first-order chi connectivity index (χ1) is 24.1. The molecule has 7 rings (SSSR count). The van der Waals surface area contributed by atoms with E-state index in [9.17, 15) is 4.79 Å². The number of hydrogen-bond acceptors (Lipinski definition) is 7. The third kappa shape index (κ3) is 8.13. The number of halogens is 1. The lowest BCUT2D eigenvalue weighted by Gasteiger charge is -2.48. The molecule has 0 spiro atoms. The first-order valence-corrected chi connectivity index (χ1v) is 18.9. The highest BCUT2D eigenvalue weighted by atomic mass is 19.1. The summed E-state index contributed by atoms with van der Waals surface area (Å²) in [5, 5.41) is 4.94. The number of ether oxygens (including phenoxy) is 3. The molecule has 1 amide bonds. The van der Waals surface area contributed by atoms with Crippen molar-refractivity contribution in [2.75, 3.05) is 57.4 Å². The summed E-state index contributed by atoms with van der Waals surface area (Å²) in [5.74, 6) is -0.116. The van der Waals surface area contributed by atoms with Crippen LogP contribution in [-0.2, 0) is 14.2 Å². The van der Waals surface area contributed by atoms with Crippen LogP contribution in [0, 0.1) is 11.9 Å². The Hall–Kier alpha value is -3.47. The highest BCUT2D eigenvalue weighted by molar-refractivity contribution is 5.88. The van der Waals surface area contributed by atoms with Crippen LogP contribution >= 0.6 is 0 Å². The number of benzene rings is 2. The van der Waals surface area contributed by atoms with Gasteiger partial charge in [-0.3, -0.25) is 9.58 Å². The second-order valence-corrected chi connectivity index (χ2v) is 17.3. The van der Waals surface area contributed by atoms with Crippen LogP contribution in [0.25, 0.3) is 16.5 Å². The highest BCUT2D eigenvalue weighted by Gasteiger charge is 2.40. The largest absolute Gasteiger partial charge is 0.444 e. The first kappa shape index (κ1) is 35.9. The summed E-state index contributed by atoms with van der Waals surface area (Å²) in [4.78, 5) is 19.2. The van der Waals surface area contributed by atoms with Gasteiger partial charge in [0.05, 0.1) is 28.1 Å². The molecule has 0 atom stereocenters. The van der Waals surface area contributed by atoms with Crippen LogP contribution in [-0.4, -0.2) is 101 Å². The maximum Gasteiger partial charge on any atom is 0.410 e. The van der Waals surface area contributed by atoms with Crippen LogP contribution < -0.4 is 4.90 Å². The molecule has 51 heavy (non-hydrogen) atoms. The standard InChI is InChI=1S/C41H56FN5O4/c1-39(2,3)50-38(48)46-26-33(27-46)45-18-16-44(17-19-45)31-11-8-29(9-12-31)34(22-28-24-40(4,5)51-41(6,7)25-28)30-10-13-36-35(23-30)37(42)43-47(36)32-14-20-49-21-15-32/h8-13,22-23,28,32-33H,14-21,24-27H2,1-7H3. The van der Waals surface area contributed by atoms with Crippen molar-refractivity contribution in [2.24, 2.45) is 5.92 Å². The third-order valence-corrected chi connectivity index (χ3v) is 10.9. The molecule has 0 unspecified atom stereocenters. The van der Waals surface area contributed by atoms with Gasteiger partial charge in [0.1, 0.15) is 5.60 Å². The minimum absolute atomic E-state index is 0.147. The monoisotopic (exact) mass is 701 g/mol. The van der Waals surface area contributed by atoms with Crippen LogP contribution in [0.2, 0.25) is 0 Å². The molecule has 0 N–H and O–H groups in total. The predicted octanol–water partition coefficient (Wildman–Crippen LogP) is 7.68. The second kappa shape index (κ2) is 13.8. The fourth-order valence-electron chi connectivity index (χ4n) is 8.72. The van der Waals surface area contributed by atoms with E-state index in [1.807, 2.05) is 37.6 Å². The van der Waals surface area contributed by atoms with Crippen LogP contribution in [0.3, 0.4) is 0 Å². The Morgan fingerprint density at radius 2 is 1.53 bits per heavy atom. The number of amides is 1. The number of allylic oxidation sites excluding steroid dienone is 1. The smallest absolute Gasteiger partial charge is 0.410 e. The minimum atomic E-state index is -0.473. The van der Waals surface area contributed by atoms with E-state index in [1.165, 1.54) is 5.69 Å². The van der Waals surface area contributed by atoms with Crippen molar-refractivity contribution in [3.05, 3.63) is 65.6 Å². The molecule has 1 aromatic heterocycles. The van der Waals surface area contributed by atoms with Crippen molar-refractivity contribution in [3.63, 3.8) is 0 Å². The Labute approximate surface area is 302 Å². The summed E-state index contributed by atoms with van der Waals surface area (Å²) >= 11 is 0. The van der Waals surface area contributed by atoms with E-state index < -0.39 is 11.5 Å². The van der Waals surface area contributed by atoms with Crippen molar-refractivity contribution in [3.8, 4) is 0 Å². The van der Waals surface area contributed by atoms with Gasteiger partial charge in [0.2, 0.25) is 5.95 Å². The Balaban J connectivity index is 1.10. The fourth-order valence-corrected chi connectivity index (χ4v) is 8.72. The van der Waals surface area contributed by atoms with E-state index in [-0.39, 0.29) is 23.3 Å². The van der Waals surface area contributed by atoms with Crippen molar-refractivity contribution in [2.45, 2.75) is 103 Å². The molecule has 10 heteroatoms. The van der Waals surface area contributed by atoms with Crippen molar-refractivity contribution in [1.82, 2.24) is 19.6 Å². The van der Waals surface area contributed by atoms with Gasteiger partial charge in [0, 0.05) is 64.2 Å². The third-order valence-electron chi connectivity index (χ3n) is 10.9. The Bertz CT molecular complexity index is 1720. The summed E-state index contributed by atoms with van der Waals surface area (Å²) < 4.78 is 34.9. The molecule has 5 heterocycles. The molecule has 4 saturated heterocycles. The van der Waals surface area contributed by atoms with Crippen molar-refractivity contribution in [1.29, 1.82) is 0 Å². The summed E-state index contributed by atoms with van der Waals surface area (Å²) in [6.07, 6.45) is 5.69. The van der Waals surface area contributed by atoms with Gasteiger partial charge >= 0.3 is 6.09 Å². The lowest BCUT2D eigenvalue weighted by molar-refractivity contribution is -0.166. The Morgan fingerprint density at radius 1 is 0.902 bits per heavy atom. The van der Waals surface area contributed by atoms with Crippen LogP contribution in [0.1, 0.15) is 91.3 Å². The maximum atomic E-state index is 15.5. The van der Waals surface area contributed by atoms with Crippen molar-refractivity contribution >= 4 is 28.3 Å². The molecule has 0 aliphatic carbocycles. The molecule has 0 saturated carbocycles. The van der Waals surface area contributed by atoms with Crippen molar-refractivity contribution < 1.29 is 23.4 Å². The SMILES string of the molecule is CC(C)(C)OC(=O)N1CC(N2CCN(c3ccc(C(=CC4CC(C)(C)OC(C)(C)C4)c4ccc5c(c4)c(F)nn5C4CCOCC4)cc3)CC2)C1. The average molecular weight is 702 g/mol. The number of rotatable bonds is 6. The van der Waals surface area contributed by atoms with Crippen LogP contribution in [0.5, 0.6) is 0 Å². The molecule has 0 bridgehead atoms. The number of hydrogen-bond donors (Lipinski definition) is 0. The Kier molecular flexibility index (Phi) is 9.73. The zero-order valence-corrected chi connectivity index (χ0v) is 31.6. The number of nitrogens with zero attached hydrogens (tertiary/aromatic N) is 5. The number of carbonyl (C=O) groups excluding carboxylic acids is 1. The van der Waals surface area contributed by atoms with Gasteiger partial charge in [-0.15, -0.1) is 5.10 Å². The van der Waals surface area contributed by atoms with E-state index >= 15 is 4.39 Å². The Morgan fingerprint density at radius 3 is 2.16 bits per heavy atom. The van der Waals surface area contributed by atoms with Gasteiger partial charge in [0.15, 0.2) is 0 Å². The van der Waals surface area contributed by atoms with Crippen LogP contribution in [0.15, 0.2) is 48.5 Å². The zero-order valence-electron chi connectivity index (χ0n) is 31.6. The lowest BCUT2D eigenvalue weighted by Crippen LogP contribution is -2.64. The molecule has 276 valence electrons. The summed E-state index contributed by atoms with van der Waals surface area (Å²) in [6.45, 7) is 21.0. The molecular weight excluding hydrogens is 645 g/mol. The van der Waals surface area contributed by atoms with E-state index in [2.05, 4.69) is 79.0 Å². The van der Waals surface area contributed by atoms with Gasteiger partial charge in [0.25, 0.3) is 0 Å². The minimum Gasteiger partial charge on any atom is -0.444 e. The average Bonchev–Trinajstić information content (AvgIpc) is 3.37. The molecule has 4 aliphatic heterocycles. The number of carbonyl (C=O) groups is 1. The molecule has 9 nitrogen and oxygen atoms in total. The fraction of sp³-hybridized carbons (Fsp3) is 0.610. The zero-order chi connectivity index (χ0) is 36.1.